The van der Waals surface area contributed by atoms with Gasteiger partial charge in [-0.15, -0.1) is 0 Å². The molecule has 1 aromatic carbocycles. The number of hydrogen-bond donors (Lipinski definition) is 1. The van der Waals surface area contributed by atoms with Gasteiger partial charge < -0.3 is 5.32 Å². The molecule has 0 aromatic heterocycles. The Bertz CT molecular complexity index is 532. The van der Waals surface area contributed by atoms with Gasteiger partial charge in [-0.25, -0.2) is 8.42 Å². The van der Waals surface area contributed by atoms with Gasteiger partial charge in [0.2, 0.25) is 0 Å². The first-order chi connectivity index (χ1) is 9.35. The summed E-state index contributed by atoms with van der Waals surface area (Å²) in [6.45, 7) is 2.94. The highest BCUT2D eigenvalue weighted by atomic mass is 35.5. The third kappa shape index (κ3) is 6.00. The summed E-state index contributed by atoms with van der Waals surface area (Å²) in [5.41, 5.74) is 0.932. The monoisotopic (exact) mass is 337 g/mol. The van der Waals surface area contributed by atoms with E-state index in [1.165, 1.54) is 6.26 Å². The van der Waals surface area contributed by atoms with Gasteiger partial charge in [-0.1, -0.05) is 42.3 Å². The van der Waals surface area contributed by atoms with Crippen LogP contribution in [0.5, 0.6) is 0 Å². The molecule has 6 heteroatoms. The molecule has 0 aliphatic rings. The van der Waals surface area contributed by atoms with Crippen molar-refractivity contribution >= 4 is 33.0 Å². The topological polar surface area (TPSA) is 46.2 Å². The lowest BCUT2D eigenvalue weighted by atomic mass is 10.0. The standard InChI is InChI=1S/C14H21Cl2NO2S/c1-3-9-17-13(8-5-10-20(2,18)19)11-6-4-7-12(15)14(11)16/h4,6-7,13,17H,3,5,8-10H2,1-2H3. The van der Waals surface area contributed by atoms with Crippen LogP contribution in [0.25, 0.3) is 0 Å². The molecular formula is C14H21Cl2NO2S. The van der Waals surface area contributed by atoms with Gasteiger partial charge in [0.15, 0.2) is 0 Å². The maximum absolute atomic E-state index is 11.2. The molecule has 0 aliphatic heterocycles. The Kier molecular flexibility index (Phi) is 7.30. The second-order valence-corrected chi connectivity index (χ2v) is 7.97. The summed E-state index contributed by atoms with van der Waals surface area (Å²) in [5, 5.41) is 4.47. The third-order valence-corrected chi connectivity index (χ3v) is 4.87. The maximum Gasteiger partial charge on any atom is 0.147 e. The fourth-order valence-electron chi connectivity index (χ4n) is 2.03. The largest absolute Gasteiger partial charge is 0.310 e. The molecule has 0 heterocycles. The Morgan fingerprint density at radius 3 is 2.60 bits per heavy atom. The van der Waals surface area contributed by atoms with Crippen LogP contribution in [0.15, 0.2) is 18.2 Å². The fourth-order valence-corrected chi connectivity index (χ4v) is 3.16. The summed E-state index contributed by atoms with van der Waals surface area (Å²) >= 11 is 12.3. The van der Waals surface area contributed by atoms with Crippen molar-refractivity contribution < 1.29 is 8.42 Å². The summed E-state index contributed by atoms with van der Waals surface area (Å²) in [6.07, 6.45) is 3.57. The third-order valence-electron chi connectivity index (χ3n) is 3.01. The van der Waals surface area contributed by atoms with E-state index < -0.39 is 9.84 Å². The Hall–Kier alpha value is -0.290. The second-order valence-electron chi connectivity index (χ2n) is 4.92. The van der Waals surface area contributed by atoms with Crippen molar-refractivity contribution in [1.29, 1.82) is 0 Å². The molecule has 114 valence electrons. The van der Waals surface area contributed by atoms with Gasteiger partial charge >= 0.3 is 0 Å². The highest BCUT2D eigenvalue weighted by molar-refractivity contribution is 7.90. The normalized spacial score (nSPS) is 13.4. The fraction of sp³-hybridized carbons (Fsp3) is 0.571. The molecule has 3 nitrogen and oxygen atoms in total. The van der Waals surface area contributed by atoms with E-state index >= 15 is 0 Å². The van der Waals surface area contributed by atoms with E-state index in [1.54, 1.807) is 6.07 Å². The molecule has 0 radical (unpaired) electrons. The minimum Gasteiger partial charge on any atom is -0.310 e. The molecule has 1 unspecified atom stereocenters. The van der Waals surface area contributed by atoms with E-state index in [0.29, 0.717) is 22.9 Å². The first-order valence-corrected chi connectivity index (χ1v) is 9.51. The molecule has 0 bridgehead atoms. The molecule has 0 saturated carbocycles. The molecule has 1 atom stereocenters. The smallest absolute Gasteiger partial charge is 0.147 e. The maximum atomic E-state index is 11.2. The van der Waals surface area contributed by atoms with E-state index in [0.717, 1.165) is 18.5 Å². The first-order valence-electron chi connectivity index (χ1n) is 6.70. The molecule has 0 fully saturated rings. The average molecular weight is 338 g/mol. The van der Waals surface area contributed by atoms with Crippen LogP contribution in [0.2, 0.25) is 10.0 Å². The van der Waals surface area contributed by atoms with Gasteiger partial charge in [0.05, 0.1) is 10.0 Å². The molecule has 0 aliphatic carbocycles. The van der Waals surface area contributed by atoms with Crippen LogP contribution in [-0.4, -0.2) is 27.0 Å². The van der Waals surface area contributed by atoms with Gasteiger partial charge in [0.25, 0.3) is 0 Å². The summed E-state index contributed by atoms with van der Waals surface area (Å²) in [5.74, 6) is 0.190. The zero-order chi connectivity index (χ0) is 15.2. The van der Waals surface area contributed by atoms with Gasteiger partial charge in [0.1, 0.15) is 9.84 Å². The van der Waals surface area contributed by atoms with Gasteiger partial charge in [-0.3, -0.25) is 0 Å². The summed E-state index contributed by atoms with van der Waals surface area (Å²) in [7, 11) is -2.93. The number of halogens is 2. The summed E-state index contributed by atoms with van der Waals surface area (Å²) < 4.78 is 22.4. The highest BCUT2D eigenvalue weighted by Gasteiger charge is 2.16. The Balaban J connectivity index is 2.80. The lowest BCUT2D eigenvalue weighted by Gasteiger charge is -2.20. The highest BCUT2D eigenvalue weighted by Crippen LogP contribution is 2.32. The summed E-state index contributed by atoms with van der Waals surface area (Å²) in [6, 6.07) is 5.58. The van der Waals surface area contributed by atoms with Crippen molar-refractivity contribution in [3.63, 3.8) is 0 Å². The van der Waals surface area contributed by atoms with Crippen molar-refractivity contribution in [3.8, 4) is 0 Å². The van der Waals surface area contributed by atoms with E-state index in [4.69, 9.17) is 23.2 Å². The Morgan fingerprint density at radius 2 is 2.00 bits per heavy atom. The van der Waals surface area contributed by atoms with Crippen molar-refractivity contribution in [2.24, 2.45) is 0 Å². The Morgan fingerprint density at radius 1 is 1.30 bits per heavy atom. The molecule has 1 aromatic rings. The second kappa shape index (κ2) is 8.23. The van der Waals surface area contributed by atoms with Gasteiger partial charge in [0, 0.05) is 18.1 Å². The quantitative estimate of drug-likeness (QED) is 0.783. The van der Waals surface area contributed by atoms with Crippen LogP contribution >= 0.6 is 23.2 Å². The van der Waals surface area contributed by atoms with Crippen molar-refractivity contribution in [2.75, 3.05) is 18.6 Å². The van der Waals surface area contributed by atoms with E-state index in [9.17, 15) is 8.42 Å². The molecular weight excluding hydrogens is 317 g/mol. The number of benzene rings is 1. The number of rotatable bonds is 8. The van der Waals surface area contributed by atoms with Crippen molar-refractivity contribution in [3.05, 3.63) is 33.8 Å². The predicted octanol–water partition coefficient (Wildman–Crippen LogP) is 3.86. The summed E-state index contributed by atoms with van der Waals surface area (Å²) in [4.78, 5) is 0. The number of hydrogen-bond acceptors (Lipinski definition) is 3. The van der Waals surface area contributed by atoms with Crippen LogP contribution in [0.4, 0.5) is 0 Å². The molecule has 20 heavy (non-hydrogen) atoms. The molecule has 0 spiro atoms. The van der Waals surface area contributed by atoms with Gasteiger partial charge in [-0.2, -0.15) is 0 Å². The van der Waals surface area contributed by atoms with Gasteiger partial charge in [-0.05, 0) is 37.4 Å². The minimum absolute atomic E-state index is 0.0305. The van der Waals surface area contributed by atoms with E-state index in [1.807, 2.05) is 12.1 Å². The SMILES string of the molecule is CCCNC(CCCS(C)(=O)=O)c1cccc(Cl)c1Cl. The molecule has 0 amide bonds. The van der Waals surface area contributed by atoms with Crippen molar-refractivity contribution in [1.82, 2.24) is 5.32 Å². The predicted molar refractivity (Wildman–Crippen MR) is 86.4 cm³/mol. The van der Waals surface area contributed by atoms with Crippen LogP contribution in [0.3, 0.4) is 0 Å². The first kappa shape index (κ1) is 17.8. The lowest BCUT2D eigenvalue weighted by molar-refractivity contribution is 0.492. The molecule has 0 saturated heterocycles. The minimum atomic E-state index is -2.93. The lowest BCUT2D eigenvalue weighted by Crippen LogP contribution is -2.23. The van der Waals surface area contributed by atoms with Crippen LogP contribution in [0, 0.1) is 0 Å². The van der Waals surface area contributed by atoms with Crippen LogP contribution in [-0.2, 0) is 9.84 Å². The Labute approximate surface area is 131 Å². The van der Waals surface area contributed by atoms with E-state index in [-0.39, 0.29) is 11.8 Å². The van der Waals surface area contributed by atoms with Crippen molar-refractivity contribution in [2.45, 2.75) is 32.2 Å². The number of sulfone groups is 1. The molecule has 1 rings (SSSR count). The molecule has 1 N–H and O–H groups in total. The van der Waals surface area contributed by atoms with Crippen LogP contribution < -0.4 is 5.32 Å². The average Bonchev–Trinajstić information content (AvgIpc) is 2.36. The zero-order valence-corrected chi connectivity index (χ0v) is 14.2. The zero-order valence-electron chi connectivity index (χ0n) is 11.8. The number of nitrogens with one attached hydrogen (secondary N) is 1. The van der Waals surface area contributed by atoms with Crippen LogP contribution in [0.1, 0.15) is 37.8 Å². The van der Waals surface area contributed by atoms with E-state index in [2.05, 4.69) is 12.2 Å².